The van der Waals surface area contributed by atoms with E-state index in [1.165, 1.54) is 0 Å². The zero-order valence-electron chi connectivity index (χ0n) is 11.5. The molecule has 1 unspecified atom stereocenters. The van der Waals surface area contributed by atoms with Crippen molar-refractivity contribution in [1.29, 1.82) is 0 Å². The SMILES string of the molecule is CCNC(Cc1cc(Cl)ccc1Cl)c1ncc(C)cn1. The van der Waals surface area contributed by atoms with Crippen LogP contribution in [-0.2, 0) is 6.42 Å². The molecule has 0 aliphatic heterocycles. The van der Waals surface area contributed by atoms with E-state index in [0.29, 0.717) is 16.5 Å². The summed E-state index contributed by atoms with van der Waals surface area (Å²) in [7, 11) is 0. The molecule has 1 heterocycles. The number of aromatic nitrogens is 2. The van der Waals surface area contributed by atoms with Gasteiger partial charge in [-0.15, -0.1) is 0 Å². The lowest BCUT2D eigenvalue weighted by atomic mass is 10.0. The first-order chi connectivity index (χ1) is 9.60. The zero-order chi connectivity index (χ0) is 14.5. The van der Waals surface area contributed by atoms with E-state index in [1.807, 2.05) is 31.5 Å². The van der Waals surface area contributed by atoms with Crippen LogP contribution in [0.1, 0.15) is 29.9 Å². The van der Waals surface area contributed by atoms with Crippen LogP contribution in [0, 0.1) is 6.92 Å². The topological polar surface area (TPSA) is 37.8 Å². The van der Waals surface area contributed by atoms with Gasteiger partial charge in [-0.05, 0) is 49.2 Å². The third-order valence-electron chi connectivity index (χ3n) is 2.99. The normalized spacial score (nSPS) is 12.4. The lowest BCUT2D eigenvalue weighted by molar-refractivity contribution is 0.521. The largest absolute Gasteiger partial charge is 0.307 e. The number of rotatable bonds is 5. The van der Waals surface area contributed by atoms with Crippen LogP contribution in [0.25, 0.3) is 0 Å². The van der Waals surface area contributed by atoms with Gasteiger partial charge < -0.3 is 5.32 Å². The Morgan fingerprint density at radius 1 is 1.20 bits per heavy atom. The Labute approximate surface area is 129 Å². The number of hydrogen-bond acceptors (Lipinski definition) is 3. The summed E-state index contributed by atoms with van der Waals surface area (Å²) in [6, 6.07) is 5.52. The maximum Gasteiger partial charge on any atom is 0.145 e. The van der Waals surface area contributed by atoms with Gasteiger partial charge in [-0.1, -0.05) is 30.1 Å². The van der Waals surface area contributed by atoms with Gasteiger partial charge in [0.25, 0.3) is 0 Å². The van der Waals surface area contributed by atoms with E-state index in [0.717, 1.165) is 23.5 Å². The van der Waals surface area contributed by atoms with Gasteiger partial charge in [-0.2, -0.15) is 0 Å². The number of hydrogen-bond donors (Lipinski definition) is 1. The summed E-state index contributed by atoms with van der Waals surface area (Å²) in [5.74, 6) is 0.772. The van der Waals surface area contributed by atoms with Crippen LogP contribution in [0.4, 0.5) is 0 Å². The Kier molecular flexibility index (Phi) is 5.35. The molecule has 2 aromatic rings. The number of nitrogens with zero attached hydrogens (tertiary/aromatic N) is 2. The highest BCUT2D eigenvalue weighted by Crippen LogP contribution is 2.25. The molecule has 0 bridgehead atoms. The van der Waals surface area contributed by atoms with Crippen molar-refractivity contribution >= 4 is 23.2 Å². The first kappa shape index (κ1) is 15.2. The Morgan fingerprint density at radius 2 is 1.90 bits per heavy atom. The van der Waals surface area contributed by atoms with Gasteiger partial charge >= 0.3 is 0 Å². The standard InChI is InChI=1S/C15H17Cl2N3/c1-3-18-14(15-19-8-10(2)9-20-15)7-11-6-12(16)4-5-13(11)17/h4-6,8-9,14,18H,3,7H2,1-2H3. The van der Waals surface area contributed by atoms with Gasteiger partial charge in [-0.3, -0.25) is 0 Å². The summed E-state index contributed by atoms with van der Waals surface area (Å²) in [5.41, 5.74) is 2.04. The lowest BCUT2D eigenvalue weighted by Gasteiger charge is -2.17. The molecule has 1 atom stereocenters. The highest BCUT2D eigenvalue weighted by molar-refractivity contribution is 6.33. The van der Waals surface area contributed by atoms with Crippen LogP contribution >= 0.6 is 23.2 Å². The molecule has 0 radical (unpaired) electrons. The minimum Gasteiger partial charge on any atom is -0.307 e. The third-order valence-corrected chi connectivity index (χ3v) is 3.60. The van der Waals surface area contributed by atoms with Crippen molar-refractivity contribution < 1.29 is 0 Å². The summed E-state index contributed by atoms with van der Waals surface area (Å²) in [4.78, 5) is 8.79. The van der Waals surface area contributed by atoms with Crippen LogP contribution in [0.2, 0.25) is 10.0 Å². The third kappa shape index (κ3) is 3.92. The predicted molar refractivity (Wildman–Crippen MR) is 83.4 cm³/mol. The maximum absolute atomic E-state index is 6.23. The Hall–Kier alpha value is -1.16. The molecule has 1 aromatic heterocycles. The molecular weight excluding hydrogens is 293 g/mol. The fraction of sp³-hybridized carbons (Fsp3) is 0.333. The van der Waals surface area contributed by atoms with Gasteiger partial charge in [-0.25, -0.2) is 9.97 Å². The molecule has 20 heavy (non-hydrogen) atoms. The number of halogens is 2. The van der Waals surface area contributed by atoms with Crippen LogP contribution in [0.5, 0.6) is 0 Å². The molecular formula is C15H17Cl2N3. The summed E-state index contributed by atoms with van der Waals surface area (Å²) < 4.78 is 0. The first-order valence-electron chi connectivity index (χ1n) is 6.56. The van der Waals surface area contributed by atoms with Crippen LogP contribution in [0.15, 0.2) is 30.6 Å². The van der Waals surface area contributed by atoms with Crippen molar-refractivity contribution in [2.45, 2.75) is 26.3 Å². The first-order valence-corrected chi connectivity index (χ1v) is 7.31. The van der Waals surface area contributed by atoms with E-state index in [4.69, 9.17) is 23.2 Å². The van der Waals surface area contributed by atoms with E-state index in [-0.39, 0.29) is 6.04 Å². The van der Waals surface area contributed by atoms with Gasteiger partial charge in [0.15, 0.2) is 0 Å². The fourth-order valence-electron chi connectivity index (χ4n) is 2.00. The second-order valence-corrected chi connectivity index (χ2v) is 5.51. The highest BCUT2D eigenvalue weighted by atomic mass is 35.5. The molecule has 3 nitrogen and oxygen atoms in total. The highest BCUT2D eigenvalue weighted by Gasteiger charge is 2.16. The van der Waals surface area contributed by atoms with Gasteiger partial charge in [0.05, 0.1) is 6.04 Å². The van der Waals surface area contributed by atoms with Crippen molar-refractivity contribution in [1.82, 2.24) is 15.3 Å². The molecule has 0 saturated heterocycles. The Bertz CT molecular complexity index is 570. The number of benzene rings is 1. The molecule has 0 amide bonds. The number of likely N-dealkylation sites (N-methyl/N-ethyl adjacent to an activating group) is 1. The minimum atomic E-state index is 0.0246. The maximum atomic E-state index is 6.23. The lowest BCUT2D eigenvalue weighted by Crippen LogP contribution is -2.25. The van der Waals surface area contributed by atoms with Crippen molar-refractivity contribution in [2.24, 2.45) is 0 Å². The molecule has 5 heteroatoms. The number of nitrogens with one attached hydrogen (secondary N) is 1. The van der Waals surface area contributed by atoms with Crippen molar-refractivity contribution in [2.75, 3.05) is 6.54 Å². The average Bonchev–Trinajstić information content (AvgIpc) is 2.43. The molecule has 106 valence electrons. The molecule has 0 aliphatic carbocycles. The summed E-state index contributed by atoms with van der Waals surface area (Å²) in [6.45, 7) is 4.86. The smallest absolute Gasteiger partial charge is 0.145 e. The van der Waals surface area contributed by atoms with E-state index >= 15 is 0 Å². The zero-order valence-corrected chi connectivity index (χ0v) is 13.0. The number of aryl methyl sites for hydroxylation is 1. The summed E-state index contributed by atoms with van der Waals surface area (Å²) in [6.07, 6.45) is 4.36. The fourth-order valence-corrected chi connectivity index (χ4v) is 2.39. The minimum absolute atomic E-state index is 0.0246. The summed E-state index contributed by atoms with van der Waals surface area (Å²) >= 11 is 12.3. The van der Waals surface area contributed by atoms with Crippen LogP contribution in [-0.4, -0.2) is 16.5 Å². The molecule has 0 spiro atoms. The van der Waals surface area contributed by atoms with Gasteiger partial charge in [0, 0.05) is 22.4 Å². The van der Waals surface area contributed by atoms with Crippen LogP contribution < -0.4 is 5.32 Å². The Balaban J connectivity index is 2.25. The molecule has 0 aliphatic rings. The van der Waals surface area contributed by atoms with Crippen LogP contribution in [0.3, 0.4) is 0 Å². The van der Waals surface area contributed by atoms with E-state index in [2.05, 4.69) is 22.2 Å². The predicted octanol–water partition coefficient (Wildman–Crippen LogP) is 3.99. The van der Waals surface area contributed by atoms with Crippen molar-refractivity contribution in [3.05, 3.63) is 57.6 Å². The molecule has 1 N–H and O–H groups in total. The Morgan fingerprint density at radius 3 is 2.55 bits per heavy atom. The van der Waals surface area contributed by atoms with Gasteiger partial charge in [0.2, 0.25) is 0 Å². The van der Waals surface area contributed by atoms with E-state index in [1.54, 1.807) is 6.07 Å². The van der Waals surface area contributed by atoms with E-state index < -0.39 is 0 Å². The van der Waals surface area contributed by atoms with Crippen molar-refractivity contribution in [3.63, 3.8) is 0 Å². The monoisotopic (exact) mass is 309 g/mol. The second kappa shape index (κ2) is 7.02. The molecule has 1 aromatic carbocycles. The summed E-state index contributed by atoms with van der Waals surface area (Å²) in [5, 5.41) is 4.78. The van der Waals surface area contributed by atoms with E-state index in [9.17, 15) is 0 Å². The molecule has 0 fully saturated rings. The molecule has 0 saturated carbocycles. The second-order valence-electron chi connectivity index (χ2n) is 4.67. The van der Waals surface area contributed by atoms with Crippen molar-refractivity contribution in [3.8, 4) is 0 Å². The average molecular weight is 310 g/mol. The quantitative estimate of drug-likeness (QED) is 0.907. The van der Waals surface area contributed by atoms with Gasteiger partial charge in [0.1, 0.15) is 5.82 Å². The molecule has 2 rings (SSSR count).